The summed E-state index contributed by atoms with van der Waals surface area (Å²) in [5, 5.41) is 8.83. The topological polar surface area (TPSA) is 55.8 Å². The molecule has 1 aromatic carbocycles. The van der Waals surface area contributed by atoms with Crippen molar-refractivity contribution in [2.24, 2.45) is 0 Å². The van der Waals surface area contributed by atoms with Crippen molar-refractivity contribution in [3.8, 4) is 11.5 Å². The Morgan fingerprint density at radius 3 is 2.47 bits per heavy atom. The first-order chi connectivity index (χ1) is 7.02. The minimum Gasteiger partial charge on any atom is -0.493 e. The molecule has 0 aliphatic rings. The number of carboxylic acid groups (broad SMARTS) is 1. The highest BCUT2D eigenvalue weighted by Gasteiger charge is 2.23. The zero-order chi connectivity index (χ0) is 11.6. The van der Waals surface area contributed by atoms with Crippen molar-refractivity contribution in [2.75, 3.05) is 14.2 Å². The molecule has 1 N–H and O–H groups in total. The van der Waals surface area contributed by atoms with Crippen LogP contribution in [0.15, 0.2) is 10.5 Å². The van der Waals surface area contributed by atoms with E-state index in [-0.39, 0.29) is 16.0 Å². The number of halogens is 2. The first kappa shape index (κ1) is 11.8. The Labute approximate surface area is 93.7 Å². The molecule has 0 aliphatic carbocycles. The Hall–Kier alpha value is -1.30. The predicted octanol–water partition coefficient (Wildman–Crippen LogP) is 2.30. The molecule has 0 fully saturated rings. The molecule has 15 heavy (non-hydrogen) atoms. The monoisotopic (exact) mass is 278 g/mol. The molecule has 0 aliphatic heterocycles. The molecule has 0 saturated heterocycles. The van der Waals surface area contributed by atoms with E-state index in [1.165, 1.54) is 20.3 Å². The minimum absolute atomic E-state index is 0.0116. The van der Waals surface area contributed by atoms with Crippen LogP contribution < -0.4 is 9.47 Å². The van der Waals surface area contributed by atoms with Crippen molar-refractivity contribution < 1.29 is 23.8 Å². The summed E-state index contributed by atoms with van der Waals surface area (Å²) in [5.41, 5.74) is -0.552. The van der Waals surface area contributed by atoms with Crippen LogP contribution in [0.2, 0.25) is 0 Å². The molecule has 0 spiro atoms. The van der Waals surface area contributed by atoms with E-state index in [4.69, 9.17) is 14.6 Å². The van der Waals surface area contributed by atoms with Gasteiger partial charge < -0.3 is 14.6 Å². The third kappa shape index (κ3) is 2.04. The summed E-state index contributed by atoms with van der Waals surface area (Å²) >= 11 is 2.90. The Morgan fingerprint density at radius 1 is 1.47 bits per heavy atom. The van der Waals surface area contributed by atoms with E-state index in [1.54, 1.807) is 0 Å². The second-order valence-electron chi connectivity index (χ2n) is 2.59. The number of carboxylic acids is 1. The van der Waals surface area contributed by atoms with Crippen LogP contribution in [0.4, 0.5) is 4.39 Å². The van der Waals surface area contributed by atoms with Gasteiger partial charge >= 0.3 is 5.97 Å². The molecule has 0 amide bonds. The average molecular weight is 279 g/mol. The van der Waals surface area contributed by atoms with Gasteiger partial charge in [0.25, 0.3) is 0 Å². The average Bonchev–Trinajstić information content (AvgIpc) is 2.20. The van der Waals surface area contributed by atoms with Gasteiger partial charge in [0.2, 0.25) is 0 Å². The molecular weight excluding hydrogens is 271 g/mol. The summed E-state index contributed by atoms with van der Waals surface area (Å²) in [4.78, 5) is 10.8. The van der Waals surface area contributed by atoms with Gasteiger partial charge in [0.15, 0.2) is 17.3 Å². The number of aromatic carboxylic acids is 1. The summed E-state index contributed by atoms with van der Waals surface area (Å²) in [7, 11) is 2.59. The van der Waals surface area contributed by atoms with Crippen molar-refractivity contribution in [3.63, 3.8) is 0 Å². The molecule has 0 saturated carbocycles. The fourth-order valence-corrected chi connectivity index (χ4v) is 1.54. The molecule has 0 aromatic heterocycles. The Bertz CT molecular complexity index is 406. The van der Waals surface area contributed by atoms with Gasteiger partial charge in [-0.3, -0.25) is 0 Å². The summed E-state index contributed by atoms with van der Waals surface area (Å²) in [6.45, 7) is 0. The van der Waals surface area contributed by atoms with E-state index in [2.05, 4.69) is 15.9 Å². The van der Waals surface area contributed by atoms with Crippen LogP contribution >= 0.6 is 15.9 Å². The van der Waals surface area contributed by atoms with Gasteiger partial charge in [0.1, 0.15) is 5.56 Å². The molecular formula is C9H8BrFO4. The zero-order valence-electron chi connectivity index (χ0n) is 8.01. The van der Waals surface area contributed by atoms with E-state index in [0.717, 1.165) is 0 Å². The van der Waals surface area contributed by atoms with E-state index < -0.39 is 17.3 Å². The SMILES string of the molecule is COc1cc(Br)c(F)c(C(=O)O)c1OC. The number of carbonyl (C=O) groups is 1. The van der Waals surface area contributed by atoms with E-state index >= 15 is 0 Å². The van der Waals surface area contributed by atoms with Crippen molar-refractivity contribution in [1.29, 1.82) is 0 Å². The molecule has 4 nitrogen and oxygen atoms in total. The molecule has 1 aromatic rings. The molecule has 1 rings (SSSR count). The lowest BCUT2D eigenvalue weighted by Gasteiger charge is -2.11. The number of hydrogen-bond acceptors (Lipinski definition) is 3. The number of benzene rings is 1. The zero-order valence-corrected chi connectivity index (χ0v) is 9.59. The Balaban J connectivity index is 3.56. The lowest BCUT2D eigenvalue weighted by Crippen LogP contribution is -2.06. The van der Waals surface area contributed by atoms with Gasteiger partial charge in [-0.25, -0.2) is 9.18 Å². The van der Waals surface area contributed by atoms with Gasteiger partial charge in [0.05, 0.1) is 18.7 Å². The molecule has 0 atom stereocenters. The maximum Gasteiger partial charge on any atom is 0.342 e. The molecule has 6 heteroatoms. The van der Waals surface area contributed by atoms with Crippen LogP contribution in [-0.2, 0) is 0 Å². The quantitative estimate of drug-likeness (QED) is 0.922. The fourth-order valence-electron chi connectivity index (χ4n) is 1.13. The first-order valence-corrected chi connectivity index (χ1v) is 4.65. The number of rotatable bonds is 3. The van der Waals surface area contributed by atoms with Crippen LogP contribution in [0.25, 0.3) is 0 Å². The highest BCUT2D eigenvalue weighted by molar-refractivity contribution is 9.10. The first-order valence-electron chi connectivity index (χ1n) is 3.86. The number of methoxy groups -OCH3 is 2. The van der Waals surface area contributed by atoms with Crippen molar-refractivity contribution in [1.82, 2.24) is 0 Å². The maximum atomic E-state index is 13.5. The third-order valence-corrected chi connectivity index (χ3v) is 2.35. The van der Waals surface area contributed by atoms with Crippen LogP contribution in [0.3, 0.4) is 0 Å². The van der Waals surface area contributed by atoms with Gasteiger partial charge in [0, 0.05) is 6.07 Å². The van der Waals surface area contributed by atoms with Gasteiger partial charge in [-0.05, 0) is 15.9 Å². The molecule has 0 radical (unpaired) electrons. The minimum atomic E-state index is -1.41. The lowest BCUT2D eigenvalue weighted by molar-refractivity contribution is 0.0687. The fraction of sp³-hybridized carbons (Fsp3) is 0.222. The number of ether oxygens (including phenoxy) is 2. The highest BCUT2D eigenvalue weighted by atomic mass is 79.9. The second-order valence-corrected chi connectivity index (χ2v) is 3.44. The maximum absolute atomic E-state index is 13.5. The third-order valence-electron chi connectivity index (χ3n) is 1.78. The number of hydrogen-bond donors (Lipinski definition) is 1. The molecule has 0 heterocycles. The molecule has 0 unspecified atom stereocenters. The standard InChI is InChI=1S/C9H8BrFO4/c1-14-5-3-4(10)7(11)6(9(12)13)8(5)15-2/h3H,1-2H3,(H,12,13). The smallest absolute Gasteiger partial charge is 0.342 e. The normalized spacial score (nSPS) is 9.87. The summed E-state index contributed by atoms with van der Waals surface area (Å²) in [6, 6.07) is 1.31. The largest absolute Gasteiger partial charge is 0.493 e. The lowest BCUT2D eigenvalue weighted by atomic mass is 10.1. The van der Waals surface area contributed by atoms with Crippen LogP contribution in [0.1, 0.15) is 10.4 Å². The second kappa shape index (κ2) is 4.48. The van der Waals surface area contributed by atoms with Crippen LogP contribution in [0, 0.1) is 5.82 Å². The molecule has 82 valence electrons. The molecule has 0 bridgehead atoms. The van der Waals surface area contributed by atoms with Gasteiger partial charge in [-0.15, -0.1) is 0 Å². The van der Waals surface area contributed by atoms with Crippen LogP contribution in [-0.4, -0.2) is 25.3 Å². The van der Waals surface area contributed by atoms with Crippen molar-refractivity contribution in [3.05, 3.63) is 21.9 Å². The van der Waals surface area contributed by atoms with Crippen molar-refractivity contribution >= 4 is 21.9 Å². The van der Waals surface area contributed by atoms with Crippen molar-refractivity contribution in [2.45, 2.75) is 0 Å². The van der Waals surface area contributed by atoms with Crippen LogP contribution in [0.5, 0.6) is 11.5 Å². The Kier molecular flexibility index (Phi) is 3.52. The van der Waals surface area contributed by atoms with Gasteiger partial charge in [-0.1, -0.05) is 0 Å². The predicted molar refractivity (Wildman–Crippen MR) is 54.2 cm³/mol. The Morgan fingerprint density at radius 2 is 2.07 bits per heavy atom. The van der Waals surface area contributed by atoms with Gasteiger partial charge in [-0.2, -0.15) is 0 Å². The summed E-state index contributed by atoms with van der Waals surface area (Å²) in [5.74, 6) is -2.28. The summed E-state index contributed by atoms with van der Waals surface area (Å²) in [6.07, 6.45) is 0. The van der Waals surface area contributed by atoms with E-state index in [0.29, 0.717) is 0 Å². The van der Waals surface area contributed by atoms with E-state index in [9.17, 15) is 9.18 Å². The van der Waals surface area contributed by atoms with E-state index in [1.807, 2.05) is 0 Å². The highest BCUT2D eigenvalue weighted by Crippen LogP contribution is 2.37. The summed E-state index contributed by atoms with van der Waals surface area (Å²) < 4.78 is 23.1.